The number of fused-ring (bicyclic) bond motifs is 6. The van der Waals surface area contributed by atoms with E-state index in [4.69, 9.17) is 0 Å². The van der Waals surface area contributed by atoms with Crippen LogP contribution in [0.2, 0.25) is 0 Å². The molecule has 2 amide bonds. The molecule has 1 N–H and O–H groups in total. The molecule has 0 saturated carbocycles. The molecule has 3 aromatic carbocycles. The summed E-state index contributed by atoms with van der Waals surface area (Å²) in [5.41, 5.74) is 4.90. The summed E-state index contributed by atoms with van der Waals surface area (Å²) in [6.07, 6.45) is 3.81. The van der Waals surface area contributed by atoms with E-state index in [9.17, 15) is 14.0 Å². The molecule has 0 radical (unpaired) electrons. The topological polar surface area (TPSA) is 56.4 Å². The van der Waals surface area contributed by atoms with Crippen LogP contribution in [-0.4, -0.2) is 39.2 Å². The van der Waals surface area contributed by atoms with Gasteiger partial charge in [-0.3, -0.25) is 9.59 Å². The predicted octanol–water partition coefficient (Wildman–Crippen LogP) is 4.86. The van der Waals surface area contributed by atoms with Crippen LogP contribution in [0.3, 0.4) is 0 Å². The molecule has 2 atom stereocenters. The van der Waals surface area contributed by atoms with Gasteiger partial charge in [0.15, 0.2) is 0 Å². The molecule has 4 aromatic rings. The first-order valence-electron chi connectivity index (χ1n) is 11.8. The fraction of sp³-hybridized carbons (Fsp3) is 0.172. The Labute approximate surface area is 202 Å². The molecule has 6 rings (SSSR count). The molecular formula is C29H24FN3O2. The first kappa shape index (κ1) is 21.4. The van der Waals surface area contributed by atoms with Crippen LogP contribution in [0, 0.1) is 5.82 Å². The number of para-hydroxylation sites is 1. The summed E-state index contributed by atoms with van der Waals surface area (Å²) < 4.78 is 13.4. The van der Waals surface area contributed by atoms with Crippen molar-refractivity contribution in [1.29, 1.82) is 0 Å². The van der Waals surface area contributed by atoms with Crippen LogP contribution in [0.25, 0.3) is 17.0 Å². The quantitative estimate of drug-likeness (QED) is 0.438. The molecule has 1 aromatic heterocycles. The van der Waals surface area contributed by atoms with E-state index in [-0.39, 0.29) is 23.7 Å². The molecule has 5 nitrogen and oxygen atoms in total. The number of hydrogen-bond donors (Lipinski definition) is 1. The highest BCUT2D eigenvalue weighted by Crippen LogP contribution is 2.41. The van der Waals surface area contributed by atoms with Gasteiger partial charge in [0.1, 0.15) is 11.9 Å². The number of nitrogens with zero attached hydrogens (tertiary/aromatic N) is 2. The molecular weight excluding hydrogens is 441 g/mol. The highest BCUT2D eigenvalue weighted by Gasteiger charge is 2.48. The fourth-order valence-corrected chi connectivity index (χ4v) is 5.35. The SMILES string of the molecule is O=C1[C@@H]2Cc3c([nH]c4ccccc34)[C@H](CN1Cc1ccc(F)cc1)N2C(=O)/C=C/c1ccccc1. The number of halogens is 1. The number of benzene rings is 3. The fourth-order valence-electron chi connectivity index (χ4n) is 5.35. The van der Waals surface area contributed by atoms with Gasteiger partial charge in [0.05, 0.1) is 6.04 Å². The molecule has 6 heteroatoms. The summed E-state index contributed by atoms with van der Waals surface area (Å²) in [5, 5.41) is 1.10. The molecule has 3 heterocycles. The van der Waals surface area contributed by atoms with Crippen molar-refractivity contribution in [3.8, 4) is 0 Å². The standard InChI is InChI=1S/C29H24FN3O2/c30-21-13-10-20(11-14-21)17-32-18-26-28-23(22-8-4-5-9-24(22)31-28)16-25(29(32)35)33(26)27(34)15-12-19-6-2-1-3-7-19/h1-15,25-26,31H,16-18H2/b15-12+/t25-,26-/m0/s1. The van der Waals surface area contributed by atoms with Crippen molar-refractivity contribution in [2.75, 3.05) is 6.54 Å². The van der Waals surface area contributed by atoms with Crippen molar-refractivity contribution in [2.45, 2.75) is 25.0 Å². The molecule has 2 aliphatic heterocycles. The third kappa shape index (κ3) is 3.81. The Balaban J connectivity index is 1.37. The van der Waals surface area contributed by atoms with Crippen molar-refractivity contribution in [3.63, 3.8) is 0 Å². The zero-order valence-electron chi connectivity index (χ0n) is 19.0. The zero-order chi connectivity index (χ0) is 23.9. The van der Waals surface area contributed by atoms with E-state index in [1.165, 1.54) is 12.1 Å². The average molecular weight is 466 g/mol. The Kier molecular flexibility index (Phi) is 5.21. The minimum atomic E-state index is -0.589. The lowest BCUT2D eigenvalue weighted by molar-refractivity contribution is -0.155. The molecule has 2 bridgehead atoms. The van der Waals surface area contributed by atoms with E-state index in [2.05, 4.69) is 11.1 Å². The lowest BCUT2D eigenvalue weighted by atomic mass is 9.87. The number of aromatic amines is 1. The molecule has 174 valence electrons. The van der Waals surface area contributed by atoms with Crippen molar-refractivity contribution in [2.24, 2.45) is 0 Å². The molecule has 2 aliphatic rings. The third-order valence-electron chi connectivity index (χ3n) is 7.00. The molecule has 1 fully saturated rings. The molecule has 0 unspecified atom stereocenters. The Morgan fingerprint density at radius 1 is 0.971 bits per heavy atom. The smallest absolute Gasteiger partial charge is 0.247 e. The van der Waals surface area contributed by atoms with E-state index in [0.29, 0.717) is 19.5 Å². The van der Waals surface area contributed by atoms with Crippen LogP contribution in [0.15, 0.2) is 84.9 Å². The summed E-state index contributed by atoms with van der Waals surface area (Å²) in [5.74, 6) is -0.564. The second-order valence-electron chi connectivity index (χ2n) is 9.13. The number of aromatic nitrogens is 1. The van der Waals surface area contributed by atoms with Gasteiger partial charge in [-0.1, -0.05) is 60.7 Å². The van der Waals surface area contributed by atoms with Gasteiger partial charge in [-0.25, -0.2) is 4.39 Å². The second kappa shape index (κ2) is 8.55. The molecule has 35 heavy (non-hydrogen) atoms. The Morgan fingerprint density at radius 2 is 1.71 bits per heavy atom. The predicted molar refractivity (Wildman–Crippen MR) is 133 cm³/mol. The summed E-state index contributed by atoms with van der Waals surface area (Å²) in [7, 11) is 0. The van der Waals surface area contributed by atoms with Crippen molar-refractivity contribution >= 4 is 28.8 Å². The van der Waals surface area contributed by atoms with Gasteiger partial charge in [0.25, 0.3) is 0 Å². The zero-order valence-corrected chi connectivity index (χ0v) is 19.0. The molecule has 0 aliphatic carbocycles. The molecule has 1 saturated heterocycles. The van der Waals surface area contributed by atoms with E-state index >= 15 is 0 Å². The lowest BCUT2D eigenvalue weighted by Crippen LogP contribution is -2.62. The van der Waals surface area contributed by atoms with Crippen LogP contribution in [0.4, 0.5) is 4.39 Å². The van der Waals surface area contributed by atoms with Gasteiger partial charge in [-0.15, -0.1) is 0 Å². The summed E-state index contributed by atoms with van der Waals surface area (Å²) in [4.78, 5) is 34.2. The van der Waals surface area contributed by atoms with Gasteiger partial charge in [0.2, 0.25) is 11.8 Å². The van der Waals surface area contributed by atoms with Crippen LogP contribution in [0.1, 0.15) is 28.4 Å². The van der Waals surface area contributed by atoms with Crippen LogP contribution in [-0.2, 0) is 22.6 Å². The minimum Gasteiger partial charge on any atom is -0.356 e. The first-order valence-corrected chi connectivity index (χ1v) is 11.8. The number of nitrogens with one attached hydrogen (secondary N) is 1. The highest BCUT2D eigenvalue weighted by atomic mass is 19.1. The van der Waals surface area contributed by atoms with E-state index in [1.54, 1.807) is 34.1 Å². The highest BCUT2D eigenvalue weighted by molar-refractivity contribution is 5.98. The number of H-pyrrole nitrogens is 1. The van der Waals surface area contributed by atoms with Crippen LogP contribution < -0.4 is 0 Å². The van der Waals surface area contributed by atoms with E-state index in [0.717, 1.165) is 33.3 Å². The summed E-state index contributed by atoms with van der Waals surface area (Å²) in [6.45, 7) is 0.751. The Morgan fingerprint density at radius 3 is 2.51 bits per heavy atom. The molecule has 0 spiro atoms. The van der Waals surface area contributed by atoms with Gasteiger partial charge < -0.3 is 14.8 Å². The average Bonchev–Trinajstić information content (AvgIpc) is 3.26. The Bertz CT molecular complexity index is 1440. The maximum absolute atomic E-state index is 13.7. The Hall–Kier alpha value is -4.19. The van der Waals surface area contributed by atoms with Gasteiger partial charge in [0, 0.05) is 42.2 Å². The van der Waals surface area contributed by atoms with Crippen LogP contribution >= 0.6 is 0 Å². The van der Waals surface area contributed by atoms with E-state index in [1.807, 2.05) is 48.5 Å². The number of piperazine rings is 1. The lowest BCUT2D eigenvalue weighted by Gasteiger charge is -2.48. The van der Waals surface area contributed by atoms with Gasteiger partial charge in [-0.2, -0.15) is 0 Å². The van der Waals surface area contributed by atoms with Crippen molar-refractivity contribution in [3.05, 3.63) is 113 Å². The monoisotopic (exact) mass is 465 g/mol. The number of carbonyl (C=O) groups is 2. The van der Waals surface area contributed by atoms with Gasteiger partial charge in [-0.05, 0) is 41.0 Å². The number of carbonyl (C=O) groups excluding carboxylic acids is 2. The maximum Gasteiger partial charge on any atom is 0.247 e. The van der Waals surface area contributed by atoms with Crippen molar-refractivity contribution < 1.29 is 14.0 Å². The van der Waals surface area contributed by atoms with E-state index < -0.39 is 6.04 Å². The minimum absolute atomic E-state index is 0.0806. The maximum atomic E-state index is 13.7. The number of rotatable bonds is 4. The van der Waals surface area contributed by atoms with Crippen molar-refractivity contribution in [1.82, 2.24) is 14.8 Å². The first-order chi connectivity index (χ1) is 17.1. The largest absolute Gasteiger partial charge is 0.356 e. The summed E-state index contributed by atoms with van der Waals surface area (Å²) in [6, 6.07) is 23.1. The second-order valence-corrected chi connectivity index (χ2v) is 9.13. The van der Waals surface area contributed by atoms with Gasteiger partial charge >= 0.3 is 0 Å². The number of hydrogen-bond acceptors (Lipinski definition) is 2. The van der Waals surface area contributed by atoms with Crippen LogP contribution in [0.5, 0.6) is 0 Å². The normalized spacial score (nSPS) is 19.4. The summed E-state index contributed by atoms with van der Waals surface area (Å²) >= 11 is 0. The third-order valence-corrected chi connectivity index (χ3v) is 7.00. The number of amides is 2.